The van der Waals surface area contributed by atoms with Crippen LogP contribution in [0.4, 0.5) is 11.8 Å². The number of rotatable bonds is 4. The van der Waals surface area contributed by atoms with E-state index in [1.165, 1.54) is 0 Å². The third-order valence-electron chi connectivity index (χ3n) is 3.70. The van der Waals surface area contributed by atoms with Gasteiger partial charge in [0.25, 0.3) is 0 Å². The predicted molar refractivity (Wildman–Crippen MR) is 74.3 cm³/mol. The number of ether oxygens (including phenoxy) is 1. The Balaban J connectivity index is 1.59. The molecule has 3 heterocycles. The second-order valence-corrected chi connectivity index (χ2v) is 5.25. The number of nitrogens with zero attached hydrogens (tertiary/aromatic N) is 3. The molecule has 3 N–H and O–H groups in total. The van der Waals surface area contributed by atoms with Gasteiger partial charge < -0.3 is 20.7 Å². The summed E-state index contributed by atoms with van der Waals surface area (Å²) in [4.78, 5) is 11.0. The number of hydrogen-bond donors (Lipinski definition) is 2. The zero-order chi connectivity index (χ0) is 13.1. The maximum atomic E-state index is 5.92. The van der Waals surface area contributed by atoms with E-state index in [9.17, 15) is 0 Å². The molecular formula is C13H21N5O. The highest BCUT2D eigenvalue weighted by atomic mass is 16.5. The summed E-state index contributed by atoms with van der Waals surface area (Å²) < 4.78 is 5.57. The van der Waals surface area contributed by atoms with Crippen LogP contribution in [-0.2, 0) is 4.74 Å². The van der Waals surface area contributed by atoms with Crippen LogP contribution in [0, 0.1) is 0 Å². The van der Waals surface area contributed by atoms with Crippen molar-refractivity contribution in [3.05, 3.63) is 12.3 Å². The van der Waals surface area contributed by atoms with Gasteiger partial charge in [-0.15, -0.1) is 0 Å². The van der Waals surface area contributed by atoms with E-state index in [2.05, 4.69) is 20.2 Å². The van der Waals surface area contributed by atoms with Crippen LogP contribution in [0.5, 0.6) is 0 Å². The standard InChI is InChI=1S/C13H21N5O/c14-10-4-6-18(9-10)12-3-5-15-13(17-12)16-8-11-2-1-7-19-11/h3,5,10-11H,1-2,4,6-9,14H2,(H,15,16,17). The van der Waals surface area contributed by atoms with Crippen molar-refractivity contribution >= 4 is 11.8 Å². The van der Waals surface area contributed by atoms with E-state index in [4.69, 9.17) is 10.5 Å². The molecule has 2 aliphatic heterocycles. The van der Waals surface area contributed by atoms with E-state index in [0.29, 0.717) is 12.1 Å². The van der Waals surface area contributed by atoms with E-state index in [0.717, 1.165) is 51.3 Å². The van der Waals surface area contributed by atoms with E-state index in [-0.39, 0.29) is 6.04 Å². The largest absolute Gasteiger partial charge is 0.376 e. The molecule has 0 radical (unpaired) electrons. The second-order valence-electron chi connectivity index (χ2n) is 5.25. The minimum Gasteiger partial charge on any atom is -0.376 e. The van der Waals surface area contributed by atoms with Crippen molar-refractivity contribution in [2.75, 3.05) is 36.5 Å². The quantitative estimate of drug-likeness (QED) is 0.828. The van der Waals surface area contributed by atoms with Crippen LogP contribution < -0.4 is 16.0 Å². The zero-order valence-corrected chi connectivity index (χ0v) is 11.1. The Bertz CT molecular complexity index is 421. The van der Waals surface area contributed by atoms with Crippen LogP contribution in [0.3, 0.4) is 0 Å². The Kier molecular flexibility index (Phi) is 3.79. The van der Waals surface area contributed by atoms with Crippen LogP contribution >= 0.6 is 0 Å². The first-order valence-electron chi connectivity index (χ1n) is 7.00. The maximum Gasteiger partial charge on any atom is 0.224 e. The van der Waals surface area contributed by atoms with Gasteiger partial charge in [-0.1, -0.05) is 0 Å². The molecule has 0 spiro atoms. The van der Waals surface area contributed by atoms with Crippen LogP contribution in [0.1, 0.15) is 19.3 Å². The summed E-state index contributed by atoms with van der Waals surface area (Å²) in [7, 11) is 0. The molecule has 0 saturated carbocycles. The highest BCUT2D eigenvalue weighted by Gasteiger charge is 2.21. The average Bonchev–Trinajstić information content (AvgIpc) is 3.08. The van der Waals surface area contributed by atoms with Crippen molar-refractivity contribution in [1.29, 1.82) is 0 Å². The predicted octanol–water partition coefficient (Wildman–Crippen LogP) is 0.605. The summed E-state index contributed by atoms with van der Waals surface area (Å²) in [6.45, 7) is 3.51. The van der Waals surface area contributed by atoms with Crippen LogP contribution in [0.15, 0.2) is 12.3 Å². The van der Waals surface area contributed by atoms with E-state index in [1.807, 2.05) is 6.07 Å². The fraction of sp³-hybridized carbons (Fsp3) is 0.692. The van der Waals surface area contributed by atoms with E-state index < -0.39 is 0 Å². The first-order valence-corrected chi connectivity index (χ1v) is 7.00. The molecule has 0 amide bonds. The molecule has 2 atom stereocenters. The lowest BCUT2D eigenvalue weighted by Crippen LogP contribution is -2.27. The Labute approximate surface area is 113 Å². The van der Waals surface area contributed by atoms with Gasteiger partial charge in [-0.05, 0) is 25.3 Å². The molecule has 2 fully saturated rings. The molecule has 0 aliphatic carbocycles. The van der Waals surface area contributed by atoms with Crippen molar-refractivity contribution in [3.8, 4) is 0 Å². The van der Waals surface area contributed by atoms with Crippen molar-refractivity contribution in [1.82, 2.24) is 9.97 Å². The molecule has 6 nitrogen and oxygen atoms in total. The van der Waals surface area contributed by atoms with Gasteiger partial charge in [0.2, 0.25) is 5.95 Å². The van der Waals surface area contributed by atoms with Crippen molar-refractivity contribution < 1.29 is 4.74 Å². The third kappa shape index (κ3) is 3.13. The molecule has 0 bridgehead atoms. The monoisotopic (exact) mass is 263 g/mol. The second kappa shape index (κ2) is 5.71. The van der Waals surface area contributed by atoms with E-state index in [1.54, 1.807) is 6.20 Å². The smallest absolute Gasteiger partial charge is 0.224 e. The van der Waals surface area contributed by atoms with Crippen LogP contribution in [0.2, 0.25) is 0 Å². The number of anilines is 2. The van der Waals surface area contributed by atoms with Gasteiger partial charge in [-0.2, -0.15) is 4.98 Å². The molecule has 1 aromatic heterocycles. The molecule has 2 unspecified atom stereocenters. The molecule has 2 aliphatic rings. The van der Waals surface area contributed by atoms with Crippen molar-refractivity contribution in [3.63, 3.8) is 0 Å². The number of hydrogen-bond acceptors (Lipinski definition) is 6. The van der Waals surface area contributed by atoms with Gasteiger partial charge in [-0.3, -0.25) is 0 Å². The van der Waals surface area contributed by atoms with E-state index >= 15 is 0 Å². The Morgan fingerprint density at radius 2 is 2.42 bits per heavy atom. The summed E-state index contributed by atoms with van der Waals surface area (Å²) >= 11 is 0. The summed E-state index contributed by atoms with van der Waals surface area (Å²) in [5, 5.41) is 3.26. The fourth-order valence-electron chi connectivity index (χ4n) is 2.62. The molecule has 19 heavy (non-hydrogen) atoms. The first kappa shape index (κ1) is 12.6. The molecule has 0 aromatic carbocycles. The van der Waals surface area contributed by atoms with Crippen molar-refractivity contribution in [2.24, 2.45) is 5.73 Å². The van der Waals surface area contributed by atoms with Crippen molar-refractivity contribution in [2.45, 2.75) is 31.4 Å². The van der Waals surface area contributed by atoms with Crippen LogP contribution in [0.25, 0.3) is 0 Å². The topological polar surface area (TPSA) is 76.3 Å². The lowest BCUT2D eigenvalue weighted by molar-refractivity contribution is 0.120. The molecule has 6 heteroatoms. The molecule has 104 valence electrons. The molecule has 3 rings (SSSR count). The van der Waals surface area contributed by atoms with Gasteiger partial charge in [0.1, 0.15) is 5.82 Å². The van der Waals surface area contributed by atoms with Gasteiger partial charge in [0.15, 0.2) is 0 Å². The SMILES string of the molecule is NC1CCN(c2ccnc(NCC3CCCO3)n2)C1. The highest BCUT2D eigenvalue weighted by Crippen LogP contribution is 2.18. The number of nitrogens with one attached hydrogen (secondary N) is 1. The Morgan fingerprint density at radius 3 is 3.16 bits per heavy atom. The molecule has 1 aromatic rings. The average molecular weight is 263 g/mol. The summed E-state index contributed by atoms with van der Waals surface area (Å²) in [5.74, 6) is 1.63. The molecule has 2 saturated heterocycles. The number of nitrogens with two attached hydrogens (primary N) is 1. The van der Waals surface area contributed by atoms with Gasteiger partial charge >= 0.3 is 0 Å². The minimum absolute atomic E-state index is 0.262. The maximum absolute atomic E-state index is 5.92. The third-order valence-corrected chi connectivity index (χ3v) is 3.70. The lowest BCUT2D eigenvalue weighted by atomic mass is 10.2. The minimum atomic E-state index is 0.262. The Morgan fingerprint density at radius 1 is 1.47 bits per heavy atom. The van der Waals surface area contributed by atoms with Crippen LogP contribution in [-0.4, -0.2) is 48.4 Å². The first-order chi connectivity index (χ1) is 9.31. The van der Waals surface area contributed by atoms with Gasteiger partial charge in [0, 0.05) is 38.5 Å². The zero-order valence-electron chi connectivity index (χ0n) is 11.1. The van der Waals surface area contributed by atoms with Gasteiger partial charge in [-0.25, -0.2) is 4.98 Å². The summed E-state index contributed by atoms with van der Waals surface area (Å²) in [6, 6.07) is 2.20. The lowest BCUT2D eigenvalue weighted by Gasteiger charge is -2.17. The summed E-state index contributed by atoms with van der Waals surface area (Å²) in [5.41, 5.74) is 5.92. The Hall–Kier alpha value is -1.40. The highest BCUT2D eigenvalue weighted by molar-refractivity contribution is 5.43. The normalized spacial score (nSPS) is 26.9. The fourth-order valence-corrected chi connectivity index (χ4v) is 2.62. The summed E-state index contributed by atoms with van der Waals surface area (Å²) in [6.07, 6.45) is 5.40. The molecular weight excluding hydrogens is 242 g/mol. The number of aromatic nitrogens is 2. The van der Waals surface area contributed by atoms with Gasteiger partial charge in [0.05, 0.1) is 6.10 Å².